The fourth-order valence-corrected chi connectivity index (χ4v) is 2.17. The molecule has 1 amide bonds. The first kappa shape index (κ1) is 13.2. The first-order chi connectivity index (χ1) is 8.99. The lowest BCUT2D eigenvalue weighted by molar-refractivity contribution is -0.117. The zero-order chi connectivity index (χ0) is 14.0. The van der Waals surface area contributed by atoms with Crippen molar-refractivity contribution in [3.05, 3.63) is 29.0 Å². The number of Topliss-reactive ketones (excluding diaryl/α,β-unsaturated/α-hetero) is 1. The Balaban J connectivity index is 2.05. The Hall–Kier alpha value is -2.22. The van der Waals surface area contributed by atoms with Crippen LogP contribution in [-0.2, 0) is 11.8 Å². The van der Waals surface area contributed by atoms with Crippen LogP contribution in [0.15, 0.2) is 18.3 Å². The van der Waals surface area contributed by atoms with E-state index >= 15 is 0 Å². The molecule has 8 heteroatoms. The summed E-state index contributed by atoms with van der Waals surface area (Å²) >= 11 is 1.17. The molecule has 2 heterocycles. The number of ketones is 1. The number of aromatic nitrogens is 3. The van der Waals surface area contributed by atoms with Gasteiger partial charge in [0.15, 0.2) is 0 Å². The lowest BCUT2D eigenvalue weighted by atomic mass is 10.2. The normalized spacial score (nSPS) is 12.1. The highest BCUT2D eigenvalue weighted by Crippen LogP contribution is 2.18. The van der Waals surface area contributed by atoms with Crippen LogP contribution in [-0.4, -0.2) is 26.5 Å². The van der Waals surface area contributed by atoms with Gasteiger partial charge in [0.2, 0.25) is 5.13 Å². The largest absolute Gasteiger partial charge is 0.374 e. The van der Waals surface area contributed by atoms with Crippen LogP contribution in [0.1, 0.15) is 28.5 Å². The summed E-state index contributed by atoms with van der Waals surface area (Å²) in [4.78, 5) is 23.7. The second-order valence-electron chi connectivity index (χ2n) is 4.01. The van der Waals surface area contributed by atoms with Crippen molar-refractivity contribution in [1.29, 1.82) is 0 Å². The Morgan fingerprint density at radius 2 is 2.21 bits per heavy atom. The Morgan fingerprint density at radius 3 is 2.74 bits per heavy atom. The van der Waals surface area contributed by atoms with Crippen LogP contribution in [0.25, 0.3) is 0 Å². The van der Waals surface area contributed by atoms with Crippen molar-refractivity contribution in [1.82, 2.24) is 20.1 Å². The van der Waals surface area contributed by atoms with E-state index in [0.717, 1.165) is 0 Å². The topological polar surface area (TPSA) is 103 Å². The van der Waals surface area contributed by atoms with E-state index in [1.54, 1.807) is 36.9 Å². The molecule has 100 valence electrons. The van der Waals surface area contributed by atoms with Crippen molar-refractivity contribution in [3.8, 4) is 0 Å². The Morgan fingerprint density at radius 1 is 1.47 bits per heavy atom. The summed E-state index contributed by atoms with van der Waals surface area (Å²) in [5, 5.41) is 10.9. The minimum atomic E-state index is -0.678. The second-order valence-corrected chi connectivity index (χ2v) is 5.05. The van der Waals surface area contributed by atoms with Crippen LogP contribution in [0.3, 0.4) is 0 Å². The van der Waals surface area contributed by atoms with Crippen molar-refractivity contribution in [2.75, 3.05) is 5.73 Å². The molecule has 2 aromatic heterocycles. The van der Waals surface area contributed by atoms with Gasteiger partial charge in [-0.05, 0) is 19.1 Å². The van der Waals surface area contributed by atoms with Gasteiger partial charge in [-0.25, -0.2) is 0 Å². The number of hydrogen-bond donors (Lipinski definition) is 2. The smallest absolute Gasteiger partial charge is 0.294 e. The summed E-state index contributed by atoms with van der Waals surface area (Å²) in [6.07, 6.45) is 1.70. The van der Waals surface area contributed by atoms with Gasteiger partial charge in [0.25, 0.3) is 11.7 Å². The van der Waals surface area contributed by atoms with E-state index in [1.165, 1.54) is 11.3 Å². The number of carbonyl (C=O) groups is 2. The third-order valence-electron chi connectivity index (χ3n) is 2.56. The fourth-order valence-electron chi connectivity index (χ4n) is 1.56. The van der Waals surface area contributed by atoms with Crippen molar-refractivity contribution in [2.24, 2.45) is 7.05 Å². The molecule has 0 bridgehead atoms. The van der Waals surface area contributed by atoms with Crippen LogP contribution in [0.5, 0.6) is 0 Å². The Bertz CT molecular complexity index is 618. The van der Waals surface area contributed by atoms with Gasteiger partial charge in [0.05, 0.1) is 11.7 Å². The van der Waals surface area contributed by atoms with Gasteiger partial charge in [0.1, 0.15) is 5.01 Å². The van der Waals surface area contributed by atoms with E-state index in [9.17, 15) is 9.59 Å². The molecule has 2 aromatic rings. The highest BCUT2D eigenvalue weighted by molar-refractivity contribution is 7.15. The van der Waals surface area contributed by atoms with Crippen molar-refractivity contribution in [3.63, 3.8) is 0 Å². The molecule has 0 saturated carbocycles. The summed E-state index contributed by atoms with van der Waals surface area (Å²) in [6.45, 7) is 1.72. The van der Waals surface area contributed by atoms with Gasteiger partial charge in [0, 0.05) is 13.2 Å². The highest BCUT2D eigenvalue weighted by atomic mass is 32.1. The zero-order valence-electron chi connectivity index (χ0n) is 10.5. The number of amides is 1. The van der Waals surface area contributed by atoms with Crippen molar-refractivity contribution < 1.29 is 9.59 Å². The van der Waals surface area contributed by atoms with E-state index in [-0.39, 0.29) is 0 Å². The monoisotopic (exact) mass is 279 g/mol. The number of nitrogens with one attached hydrogen (secondary N) is 1. The van der Waals surface area contributed by atoms with E-state index in [2.05, 4.69) is 15.5 Å². The van der Waals surface area contributed by atoms with E-state index in [4.69, 9.17) is 5.73 Å². The summed E-state index contributed by atoms with van der Waals surface area (Å²) in [5.41, 5.74) is 5.80. The van der Waals surface area contributed by atoms with E-state index < -0.39 is 17.7 Å². The number of nitrogen functional groups attached to an aromatic ring is 1. The van der Waals surface area contributed by atoms with Crippen LogP contribution in [0.2, 0.25) is 0 Å². The van der Waals surface area contributed by atoms with Crippen molar-refractivity contribution >= 4 is 28.2 Å². The molecule has 2 rings (SSSR count). The van der Waals surface area contributed by atoms with Crippen LogP contribution < -0.4 is 11.1 Å². The highest BCUT2D eigenvalue weighted by Gasteiger charge is 2.22. The third kappa shape index (κ3) is 2.79. The molecule has 7 nitrogen and oxygen atoms in total. The molecule has 0 unspecified atom stereocenters. The minimum absolute atomic E-state index is 0.324. The molecule has 19 heavy (non-hydrogen) atoms. The maximum Gasteiger partial charge on any atom is 0.294 e. The predicted octanol–water partition coefficient (Wildman–Crippen LogP) is 0.519. The number of nitrogens with zero attached hydrogens (tertiary/aromatic N) is 3. The number of hydrogen-bond acceptors (Lipinski definition) is 6. The van der Waals surface area contributed by atoms with Gasteiger partial charge < -0.3 is 15.6 Å². The third-order valence-corrected chi connectivity index (χ3v) is 3.49. The van der Waals surface area contributed by atoms with Crippen LogP contribution in [0, 0.1) is 0 Å². The standard InChI is InChI=1S/C11H13N5O2S/c1-6(10-14-15-11(12)19-10)13-9(18)8(17)7-4-3-5-16(7)2/h3-6H,1-2H3,(H2,12,15)(H,13,18)/t6-/m0/s1. The minimum Gasteiger partial charge on any atom is -0.374 e. The molecular formula is C11H13N5O2S. The molecule has 0 aliphatic heterocycles. The van der Waals surface area contributed by atoms with Crippen LogP contribution in [0.4, 0.5) is 5.13 Å². The fraction of sp³-hybridized carbons (Fsp3) is 0.273. The first-order valence-electron chi connectivity index (χ1n) is 5.54. The summed E-state index contributed by atoms with van der Waals surface area (Å²) in [7, 11) is 1.70. The summed E-state index contributed by atoms with van der Waals surface area (Å²) in [5.74, 6) is -1.26. The maximum atomic E-state index is 11.9. The van der Waals surface area contributed by atoms with Gasteiger partial charge in [-0.3, -0.25) is 9.59 Å². The molecule has 0 spiro atoms. The number of carbonyl (C=O) groups excluding carboxylic acids is 2. The zero-order valence-corrected chi connectivity index (χ0v) is 11.3. The van der Waals surface area contributed by atoms with Gasteiger partial charge >= 0.3 is 0 Å². The Labute approximate surface area is 113 Å². The molecule has 0 saturated heterocycles. The lowest BCUT2D eigenvalue weighted by Crippen LogP contribution is -2.34. The number of aryl methyl sites for hydroxylation is 1. The number of nitrogens with two attached hydrogens (primary N) is 1. The van der Waals surface area contributed by atoms with Gasteiger partial charge in [-0.15, -0.1) is 10.2 Å². The second kappa shape index (κ2) is 5.19. The SMILES string of the molecule is C[C@H](NC(=O)C(=O)c1cccn1C)c1nnc(N)s1. The molecule has 3 N–H and O–H groups in total. The average molecular weight is 279 g/mol. The van der Waals surface area contributed by atoms with Gasteiger partial charge in [-0.2, -0.15) is 0 Å². The summed E-state index contributed by atoms with van der Waals surface area (Å²) in [6, 6.07) is 2.89. The molecular weight excluding hydrogens is 266 g/mol. The Kier molecular flexibility index (Phi) is 3.61. The van der Waals surface area contributed by atoms with Crippen molar-refractivity contribution in [2.45, 2.75) is 13.0 Å². The van der Waals surface area contributed by atoms with Gasteiger partial charge in [-0.1, -0.05) is 11.3 Å². The molecule has 0 aliphatic carbocycles. The quantitative estimate of drug-likeness (QED) is 0.627. The van der Waals surface area contributed by atoms with E-state index in [1.807, 2.05) is 0 Å². The van der Waals surface area contributed by atoms with Crippen LogP contribution >= 0.6 is 11.3 Å². The molecule has 0 radical (unpaired) electrons. The number of rotatable bonds is 4. The maximum absolute atomic E-state index is 11.9. The summed E-state index contributed by atoms with van der Waals surface area (Å²) < 4.78 is 1.59. The predicted molar refractivity (Wildman–Crippen MR) is 70.6 cm³/mol. The number of anilines is 1. The molecule has 0 aromatic carbocycles. The first-order valence-corrected chi connectivity index (χ1v) is 6.36. The average Bonchev–Trinajstić information content (AvgIpc) is 2.97. The molecule has 1 atom stereocenters. The lowest BCUT2D eigenvalue weighted by Gasteiger charge is -2.10. The molecule has 0 aliphatic rings. The molecule has 0 fully saturated rings. The van der Waals surface area contributed by atoms with E-state index in [0.29, 0.717) is 15.8 Å².